The summed E-state index contributed by atoms with van der Waals surface area (Å²) in [6.07, 6.45) is 2.48. The van der Waals surface area contributed by atoms with Crippen LogP contribution in [0, 0.1) is 11.7 Å². The zero-order chi connectivity index (χ0) is 12.4. The summed E-state index contributed by atoms with van der Waals surface area (Å²) in [5.41, 5.74) is 6.41. The highest BCUT2D eigenvalue weighted by molar-refractivity contribution is 6.30. The van der Waals surface area contributed by atoms with E-state index in [0.717, 1.165) is 0 Å². The van der Waals surface area contributed by atoms with E-state index in [1.165, 1.54) is 12.8 Å². The van der Waals surface area contributed by atoms with Gasteiger partial charge in [-0.3, -0.25) is 4.90 Å². The lowest BCUT2D eigenvalue weighted by Crippen LogP contribution is -2.39. The van der Waals surface area contributed by atoms with Crippen LogP contribution in [0.4, 0.5) is 4.39 Å². The summed E-state index contributed by atoms with van der Waals surface area (Å²) in [6, 6.07) is 5.48. The van der Waals surface area contributed by atoms with E-state index in [1.54, 1.807) is 18.2 Å². The van der Waals surface area contributed by atoms with E-state index in [0.29, 0.717) is 30.6 Å². The van der Waals surface area contributed by atoms with Gasteiger partial charge in [0, 0.05) is 24.7 Å². The Morgan fingerprint density at radius 1 is 1.53 bits per heavy atom. The first kappa shape index (κ1) is 12.8. The van der Waals surface area contributed by atoms with Crippen LogP contribution < -0.4 is 5.73 Å². The van der Waals surface area contributed by atoms with Crippen molar-refractivity contribution in [3.05, 3.63) is 34.6 Å². The maximum Gasteiger partial charge on any atom is 0.146 e. The van der Waals surface area contributed by atoms with Crippen LogP contribution in [0.5, 0.6) is 0 Å². The van der Waals surface area contributed by atoms with Gasteiger partial charge in [-0.05, 0) is 31.9 Å². The smallest absolute Gasteiger partial charge is 0.146 e. The third-order valence-corrected chi connectivity index (χ3v) is 3.72. The summed E-state index contributed by atoms with van der Waals surface area (Å²) < 4.78 is 13.8. The van der Waals surface area contributed by atoms with Crippen molar-refractivity contribution in [1.29, 1.82) is 0 Å². The van der Waals surface area contributed by atoms with Crippen molar-refractivity contribution in [1.82, 2.24) is 4.90 Å². The van der Waals surface area contributed by atoms with E-state index in [-0.39, 0.29) is 10.8 Å². The highest BCUT2D eigenvalue weighted by atomic mass is 35.5. The number of nitrogens with zero attached hydrogens (tertiary/aromatic N) is 1. The number of benzene rings is 1. The molecule has 17 heavy (non-hydrogen) atoms. The van der Waals surface area contributed by atoms with E-state index in [2.05, 4.69) is 4.90 Å². The molecule has 1 fully saturated rings. The number of halogens is 2. The molecule has 2 rings (SSSR count). The number of nitrogens with two attached hydrogens (primary N) is 1. The molecule has 2 nitrogen and oxygen atoms in total. The fourth-order valence-electron chi connectivity index (χ4n) is 2.27. The van der Waals surface area contributed by atoms with Gasteiger partial charge in [0.1, 0.15) is 5.82 Å². The number of likely N-dealkylation sites (N-methyl/N-ethyl adjacent to an activating group) is 1. The predicted molar refractivity (Wildman–Crippen MR) is 68.4 cm³/mol. The zero-order valence-electron chi connectivity index (χ0n) is 10.00. The quantitative estimate of drug-likeness (QED) is 0.878. The van der Waals surface area contributed by atoms with Crippen molar-refractivity contribution in [2.45, 2.75) is 25.4 Å². The van der Waals surface area contributed by atoms with Crippen LogP contribution in [0.15, 0.2) is 18.2 Å². The maximum absolute atomic E-state index is 13.8. The molecule has 4 heteroatoms. The highest BCUT2D eigenvalue weighted by Crippen LogP contribution is 2.35. The fourth-order valence-corrected chi connectivity index (χ4v) is 2.46. The Morgan fingerprint density at radius 3 is 2.82 bits per heavy atom. The number of hydrogen-bond acceptors (Lipinski definition) is 2. The molecular formula is C13H18ClFN2. The van der Waals surface area contributed by atoms with Gasteiger partial charge in [-0.2, -0.15) is 0 Å². The van der Waals surface area contributed by atoms with Crippen LogP contribution in [-0.2, 0) is 6.54 Å². The van der Waals surface area contributed by atoms with Gasteiger partial charge in [0.2, 0.25) is 0 Å². The third-order valence-electron chi connectivity index (χ3n) is 3.43. The molecule has 1 aromatic carbocycles. The van der Waals surface area contributed by atoms with E-state index in [9.17, 15) is 4.39 Å². The lowest BCUT2D eigenvalue weighted by molar-refractivity contribution is 0.213. The average Bonchev–Trinajstić information content (AvgIpc) is 3.10. The minimum Gasteiger partial charge on any atom is -0.329 e. The summed E-state index contributed by atoms with van der Waals surface area (Å²) >= 11 is 5.77. The van der Waals surface area contributed by atoms with Gasteiger partial charge < -0.3 is 5.73 Å². The van der Waals surface area contributed by atoms with E-state index in [1.807, 2.05) is 7.05 Å². The molecule has 1 aromatic rings. The first-order valence-corrected chi connectivity index (χ1v) is 6.34. The second-order valence-corrected chi connectivity index (χ2v) is 5.18. The minimum absolute atomic E-state index is 0.187. The van der Waals surface area contributed by atoms with Crippen molar-refractivity contribution >= 4 is 11.6 Å². The van der Waals surface area contributed by atoms with Gasteiger partial charge in [-0.25, -0.2) is 4.39 Å². The summed E-state index contributed by atoms with van der Waals surface area (Å²) in [4.78, 5) is 2.13. The molecule has 0 aliphatic heterocycles. The molecule has 1 unspecified atom stereocenters. The van der Waals surface area contributed by atoms with E-state index in [4.69, 9.17) is 17.3 Å². The van der Waals surface area contributed by atoms with E-state index >= 15 is 0 Å². The molecule has 1 saturated carbocycles. The lowest BCUT2D eigenvalue weighted by Gasteiger charge is -2.27. The maximum atomic E-state index is 13.8. The zero-order valence-corrected chi connectivity index (χ0v) is 10.8. The van der Waals surface area contributed by atoms with Crippen LogP contribution in [0.3, 0.4) is 0 Å². The number of hydrogen-bond donors (Lipinski definition) is 1. The molecule has 1 aliphatic carbocycles. The summed E-state index contributed by atoms with van der Waals surface area (Å²) in [5, 5.41) is 0.187. The Morgan fingerprint density at radius 2 is 2.24 bits per heavy atom. The Kier molecular flexibility index (Phi) is 4.02. The standard InChI is InChI=1S/C13H18ClFN2/c1-17(12(7-16)9-5-6-9)8-10-3-2-4-11(14)13(10)15/h2-4,9,12H,5-8,16H2,1H3. The van der Waals surface area contributed by atoms with Gasteiger partial charge in [0.05, 0.1) is 5.02 Å². The molecule has 0 aromatic heterocycles. The summed E-state index contributed by atoms with van der Waals surface area (Å²) in [5.74, 6) is 0.375. The summed E-state index contributed by atoms with van der Waals surface area (Å²) in [7, 11) is 2.00. The Labute approximate surface area is 107 Å². The van der Waals surface area contributed by atoms with Crippen LogP contribution >= 0.6 is 11.6 Å². The third kappa shape index (κ3) is 2.97. The van der Waals surface area contributed by atoms with Crippen LogP contribution in [0.2, 0.25) is 5.02 Å². The van der Waals surface area contributed by atoms with Crippen LogP contribution in [0.1, 0.15) is 18.4 Å². The molecule has 0 radical (unpaired) electrons. The van der Waals surface area contributed by atoms with Crippen molar-refractivity contribution in [2.75, 3.05) is 13.6 Å². The minimum atomic E-state index is -0.312. The molecule has 0 bridgehead atoms. The van der Waals surface area contributed by atoms with Crippen molar-refractivity contribution in [2.24, 2.45) is 11.7 Å². The Hall–Kier alpha value is -0.640. The van der Waals surface area contributed by atoms with Gasteiger partial charge in [-0.1, -0.05) is 23.7 Å². The molecule has 0 amide bonds. The normalized spacial score (nSPS) is 17.5. The average molecular weight is 257 g/mol. The SMILES string of the molecule is CN(Cc1cccc(Cl)c1F)C(CN)C1CC1. The van der Waals surface area contributed by atoms with Gasteiger partial charge >= 0.3 is 0 Å². The van der Waals surface area contributed by atoms with Crippen molar-refractivity contribution < 1.29 is 4.39 Å². The second-order valence-electron chi connectivity index (χ2n) is 4.77. The topological polar surface area (TPSA) is 29.3 Å². The van der Waals surface area contributed by atoms with Crippen molar-refractivity contribution in [3.8, 4) is 0 Å². The Balaban J connectivity index is 2.06. The molecule has 2 N–H and O–H groups in total. The molecule has 94 valence electrons. The first-order chi connectivity index (χ1) is 8.13. The molecule has 1 atom stereocenters. The lowest BCUT2D eigenvalue weighted by atomic mass is 10.1. The molecule has 0 heterocycles. The van der Waals surface area contributed by atoms with Crippen LogP contribution in [0.25, 0.3) is 0 Å². The molecule has 0 spiro atoms. The molecule has 1 aliphatic rings. The summed E-state index contributed by atoms with van der Waals surface area (Å²) in [6.45, 7) is 1.19. The molecule has 0 saturated heterocycles. The van der Waals surface area contributed by atoms with Gasteiger partial charge in [-0.15, -0.1) is 0 Å². The highest BCUT2D eigenvalue weighted by Gasteiger charge is 2.32. The largest absolute Gasteiger partial charge is 0.329 e. The predicted octanol–water partition coefficient (Wildman–Crippen LogP) is 2.65. The monoisotopic (exact) mass is 256 g/mol. The Bertz CT molecular complexity index is 393. The van der Waals surface area contributed by atoms with Crippen LogP contribution in [-0.4, -0.2) is 24.5 Å². The van der Waals surface area contributed by atoms with E-state index < -0.39 is 0 Å². The van der Waals surface area contributed by atoms with Crippen molar-refractivity contribution in [3.63, 3.8) is 0 Å². The van der Waals surface area contributed by atoms with Gasteiger partial charge in [0.25, 0.3) is 0 Å². The number of rotatable bonds is 5. The first-order valence-electron chi connectivity index (χ1n) is 5.96. The molecular weight excluding hydrogens is 239 g/mol. The fraction of sp³-hybridized carbons (Fsp3) is 0.538. The second kappa shape index (κ2) is 5.34. The van der Waals surface area contributed by atoms with Gasteiger partial charge in [0.15, 0.2) is 0 Å².